The standard InChI is InChI=1S/C16H22N2O3S/c1-17-12-14(11-16(17)19)13-5-7-15(8-6-13)22(20,21)18-9-3-2-4-10-18/h5-8,14H,2-4,9-12H2,1H3. The predicted octanol–water partition coefficient (Wildman–Crippen LogP) is 1.81. The molecule has 0 saturated carbocycles. The molecule has 0 aliphatic carbocycles. The van der Waals surface area contributed by atoms with Gasteiger partial charge in [0.25, 0.3) is 0 Å². The van der Waals surface area contributed by atoms with Crippen LogP contribution in [0.15, 0.2) is 29.2 Å². The summed E-state index contributed by atoms with van der Waals surface area (Å²) in [6.07, 6.45) is 3.49. The van der Waals surface area contributed by atoms with E-state index in [0.29, 0.717) is 31.0 Å². The Bertz CT molecular complexity index is 648. The summed E-state index contributed by atoms with van der Waals surface area (Å²) in [6, 6.07) is 7.08. The molecule has 1 amide bonds. The number of nitrogens with zero attached hydrogens (tertiary/aromatic N) is 2. The van der Waals surface area contributed by atoms with Crippen molar-refractivity contribution in [3.8, 4) is 0 Å². The van der Waals surface area contributed by atoms with Crippen LogP contribution in [0.2, 0.25) is 0 Å². The summed E-state index contributed by atoms with van der Waals surface area (Å²) in [6.45, 7) is 1.94. The van der Waals surface area contributed by atoms with Gasteiger partial charge in [0.2, 0.25) is 15.9 Å². The number of carbonyl (C=O) groups excluding carboxylic acids is 1. The molecular formula is C16H22N2O3S. The highest BCUT2D eigenvalue weighted by Crippen LogP contribution is 2.28. The van der Waals surface area contributed by atoms with Gasteiger partial charge in [-0.25, -0.2) is 8.42 Å². The lowest BCUT2D eigenvalue weighted by atomic mass is 9.98. The number of hydrogen-bond donors (Lipinski definition) is 0. The summed E-state index contributed by atoms with van der Waals surface area (Å²) in [4.78, 5) is 13.7. The van der Waals surface area contributed by atoms with Crippen molar-refractivity contribution in [2.24, 2.45) is 0 Å². The highest BCUT2D eigenvalue weighted by molar-refractivity contribution is 7.89. The van der Waals surface area contributed by atoms with Gasteiger partial charge in [-0.1, -0.05) is 18.6 Å². The molecule has 1 atom stereocenters. The number of likely N-dealkylation sites (N-methyl/N-ethyl adjacent to an activating group) is 1. The molecule has 2 saturated heterocycles. The monoisotopic (exact) mass is 322 g/mol. The van der Waals surface area contributed by atoms with Gasteiger partial charge in [0.15, 0.2) is 0 Å². The predicted molar refractivity (Wildman–Crippen MR) is 84.0 cm³/mol. The van der Waals surface area contributed by atoms with Gasteiger partial charge in [-0.3, -0.25) is 4.79 Å². The highest BCUT2D eigenvalue weighted by atomic mass is 32.2. The van der Waals surface area contributed by atoms with Crippen molar-refractivity contribution in [1.29, 1.82) is 0 Å². The quantitative estimate of drug-likeness (QED) is 0.853. The van der Waals surface area contributed by atoms with Crippen LogP contribution < -0.4 is 0 Å². The topological polar surface area (TPSA) is 57.7 Å². The third-order valence-corrected chi connectivity index (χ3v) is 6.56. The molecule has 6 heteroatoms. The number of hydrogen-bond acceptors (Lipinski definition) is 3. The first-order chi connectivity index (χ1) is 10.5. The molecule has 0 spiro atoms. The van der Waals surface area contributed by atoms with E-state index in [4.69, 9.17) is 0 Å². The number of carbonyl (C=O) groups is 1. The Hall–Kier alpha value is -1.40. The van der Waals surface area contributed by atoms with E-state index in [9.17, 15) is 13.2 Å². The fourth-order valence-corrected chi connectivity index (χ4v) is 4.77. The van der Waals surface area contributed by atoms with Crippen LogP contribution in [0, 0.1) is 0 Å². The summed E-state index contributed by atoms with van der Waals surface area (Å²) in [5, 5.41) is 0. The van der Waals surface area contributed by atoms with Gasteiger partial charge in [0.1, 0.15) is 0 Å². The molecule has 0 bridgehead atoms. The number of benzene rings is 1. The second kappa shape index (κ2) is 6.01. The maximum absolute atomic E-state index is 12.6. The normalized spacial score (nSPS) is 24.0. The Morgan fingerprint density at radius 1 is 1.05 bits per heavy atom. The zero-order chi connectivity index (χ0) is 15.7. The van der Waals surface area contributed by atoms with Crippen molar-refractivity contribution in [1.82, 2.24) is 9.21 Å². The average molecular weight is 322 g/mol. The van der Waals surface area contributed by atoms with Gasteiger partial charge in [-0.05, 0) is 30.5 Å². The number of rotatable bonds is 3. The number of piperidine rings is 1. The first-order valence-electron chi connectivity index (χ1n) is 7.82. The van der Waals surface area contributed by atoms with Gasteiger partial charge in [-0.2, -0.15) is 4.31 Å². The van der Waals surface area contributed by atoms with Crippen LogP contribution in [0.3, 0.4) is 0 Å². The first kappa shape index (κ1) is 15.5. The number of likely N-dealkylation sites (tertiary alicyclic amines) is 1. The van der Waals surface area contributed by atoms with Crippen molar-refractivity contribution >= 4 is 15.9 Å². The fourth-order valence-electron chi connectivity index (χ4n) is 3.25. The van der Waals surface area contributed by atoms with E-state index in [1.54, 1.807) is 28.4 Å². The van der Waals surface area contributed by atoms with Gasteiger partial charge in [0, 0.05) is 39.0 Å². The largest absolute Gasteiger partial charge is 0.345 e. The van der Waals surface area contributed by atoms with Gasteiger partial charge < -0.3 is 4.90 Å². The Morgan fingerprint density at radius 3 is 2.23 bits per heavy atom. The van der Waals surface area contributed by atoms with Gasteiger partial charge in [-0.15, -0.1) is 0 Å². The molecular weight excluding hydrogens is 300 g/mol. The third-order valence-electron chi connectivity index (χ3n) is 4.65. The van der Waals surface area contributed by atoms with Gasteiger partial charge >= 0.3 is 0 Å². The number of sulfonamides is 1. The summed E-state index contributed by atoms with van der Waals surface area (Å²) in [5.41, 5.74) is 1.04. The average Bonchev–Trinajstić information content (AvgIpc) is 2.88. The van der Waals surface area contributed by atoms with E-state index in [0.717, 1.165) is 24.8 Å². The molecule has 5 nitrogen and oxygen atoms in total. The van der Waals surface area contributed by atoms with Crippen LogP contribution in [0.4, 0.5) is 0 Å². The Morgan fingerprint density at radius 2 is 1.68 bits per heavy atom. The van der Waals surface area contributed by atoms with Crippen molar-refractivity contribution in [2.75, 3.05) is 26.7 Å². The molecule has 1 aromatic carbocycles. The molecule has 22 heavy (non-hydrogen) atoms. The minimum absolute atomic E-state index is 0.148. The maximum Gasteiger partial charge on any atom is 0.243 e. The minimum atomic E-state index is -3.37. The zero-order valence-electron chi connectivity index (χ0n) is 12.9. The van der Waals surface area contributed by atoms with Crippen LogP contribution in [-0.2, 0) is 14.8 Å². The van der Waals surface area contributed by atoms with E-state index >= 15 is 0 Å². The van der Waals surface area contributed by atoms with E-state index < -0.39 is 10.0 Å². The smallest absolute Gasteiger partial charge is 0.243 e. The Labute approximate surface area is 132 Å². The van der Waals surface area contributed by atoms with Crippen molar-refractivity contribution in [3.63, 3.8) is 0 Å². The van der Waals surface area contributed by atoms with E-state index in [2.05, 4.69) is 0 Å². The lowest BCUT2D eigenvalue weighted by Crippen LogP contribution is -2.35. The van der Waals surface area contributed by atoms with Crippen molar-refractivity contribution < 1.29 is 13.2 Å². The first-order valence-corrected chi connectivity index (χ1v) is 9.26. The molecule has 3 rings (SSSR count). The van der Waals surface area contributed by atoms with E-state index in [1.165, 1.54) is 0 Å². The Kier molecular flexibility index (Phi) is 4.23. The summed E-state index contributed by atoms with van der Waals surface area (Å²) in [7, 11) is -1.56. The lowest BCUT2D eigenvalue weighted by molar-refractivity contribution is -0.126. The lowest BCUT2D eigenvalue weighted by Gasteiger charge is -2.26. The third kappa shape index (κ3) is 2.90. The molecule has 2 aliphatic heterocycles. The van der Waals surface area contributed by atoms with Crippen molar-refractivity contribution in [3.05, 3.63) is 29.8 Å². The van der Waals surface area contributed by atoms with Gasteiger partial charge in [0.05, 0.1) is 4.90 Å². The van der Waals surface area contributed by atoms with Crippen LogP contribution in [0.5, 0.6) is 0 Å². The highest BCUT2D eigenvalue weighted by Gasteiger charge is 2.29. The summed E-state index contributed by atoms with van der Waals surface area (Å²) in [5.74, 6) is 0.319. The van der Waals surface area contributed by atoms with Crippen molar-refractivity contribution in [2.45, 2.75) is 36.5 Å². The van der Waals surface area contributed by atoms with Crippen LogP contribution in [-0.4, -0.2) is 50.2 Å². The molecule has 1 aromatic rings. The van der Waals surface area contributed by atoms with E-state index in [-0.39, 0.29) is 11.8 Å². The van der Waals surface area contributed by atoms with Crippen LogP contribution in [0.25, 0.3) is 0 Å². The minimum Gasteiger partial charge on any atom is -0.345 e. The molecule has 2 fully saturated rings. The van der Waals surface area contributed by atoms with E-state index in [1.807, 2.05) is 12.1 Å². The second-order valence-electron chi connectivity index (χ2n) is 6.21. The fraction of sp³-hybridized carbons (Fsp3) is 0.562. The molecule has 0 aromatic heterocycles. The van der Waals surface area contributed by atoms with Crippen LogP contribution in [0.1, 0.15) is 37.2 Å². The molecule has 120 valence electrons. The molecule has 0 radical (unpaired) electrons. The zero-order valence-corrected chi connectivity index (χ0v) is 13.7. The molecule has 2 aliphatic rings. The second-order valence-corrected chi connectivity index (χ2v) is 8.15. The maximum atomic E-state index is 12.6. The molecule has 1 unspecified atom stereocenters. The summed E-state index contributed by atoms with van der Waals surface area (Å²) >= 11 is 0. The summed E-state index contributed by atoms with van der Waals surface area (Å²) < 4.78 is 26.8. The molecule has 0 N–H and O–H groups in total. The van der Waals surface area contributed by atoms with Crippen LogP contribution >= 0.6 is 0 Å². The Balaban J connectivity index is 1.78. The molecule has 2 heterocycles. The number of amides is 1. The SMILES string of the molecule is CN1CC(c2ccc(S(=O)(=O)N3CCCCC3)cc2)CC1=O.